The molecule has 5 heteroatoms. The predicted octanol–water partition coefficient (Wildman–Crippen LogP) is 4.65. The average molecular weight is 381 g/mol. The number of nitrogens with zero attached hydrogens (tertiary/aromatic N) is 3. The van der Waals surface area contributed by atoms with Gasteiger partial charge in [-0.1, -0.05) is 49.6 Å². The number of amides is 1. The van der Waals surface area contributed by atoms with E-state index >= 15 is 0 Å². The third-order valence-corrected chi connectivity index (χ3v) is 6.44. The zero-order valence-electron chi connectivity index (χ0n) is 17.3. The Kier molecular flexibility index (Phi) is 5.17. The average Bonchev–Trinajstić information content (AvgIpc) is 3.13. The van der Waals surface area contributed by atoms with Gasteiger partial charge in [0.05, 0.1) is 11.7 Å². The molecule has 1 saturated carbocycles. The zero-order chi connectivity index (χ0) is 19.7. The van der Waals surface area contributed by atoms with E-state index in [9.17, 15) is 4.79 Å². The summed E-state index contributed by atoms with van der Waals surface area (Å²) in [7, 11) is 1.87. The highest BCUT2D eigenvalue weighted by atomic mass is 16.2. The number of aromatic nitrogens is 2. The Morgan fingerprint density at radius 3 is 2.64 bits per heavy atom. The fourth-order valence-corrected chi connectivity index (χ4v) is 4.91. The largest absolute Gasteiger partial charge is 0.366 e. The van der Waals surface area contributed by atoms with Crippen molar-refractivity contribution in [1.82, 2.24) is 14.7 Å². The van der Waals surface area contributed by atoms with E-state index in [2.05, 4.69) is 36.4 Å². The highest BCUT2D eigenvalue weighted by molar-refractivity contribution is 5.98. The Labute approximate surface area is 168 Å². The topological polar surface area (TPSA) is 50.2 Å². The van der Waals surface area contributed by atoms with Crippen LogP contribution in [0, 0.1) is 5.92 Å². The lowest BCUT2D eigenvalue weighted by Crippen LogP contribution is -2.46. The van der Waals surface area contributed by atoms with E-state index in [-0.39, 0.29) is 11.4 Å². The number of anilines is 1. The van der Waals surface area contributed by atoms with Gasteiger partial charge in [0.2, 0.25) is 0 Å². The number of hydrogen-bond donors (Lipinski definition) is 1. The van der Waals surface area contributed by atoms with Crippen molar-refractivity contribution in [2.24, 2.45) is 5.92 Å². The number of carbonyl (C=O) groups is 1. The standard InChI is InChI=1S/C23H32N4O/c1-23(2)14-20(18-12-8-5-9-13-18)25-21-19(15-24-27(21)23)22(28)26(3)16-17-10-6-4-7-11-17/h4,6-7,10-11,15,18,20,25H,5,8-9,12-14,16H2,1-3H3. The van der Waals surface area contributed by atoms with E-state index in [4.69, 9.17) is 0 Å². The Hall–Kier alpha value is -2.30. The van der Waals surface area contributed by atoms with Crippen LogP contribution in [-0.2, 0) is 12.1 Å². The summed E-state index contributed by atoms with van der Waals surface area (Å²) in [5.74, 6) is 1.62. The van der Waals surface area contributed by atoms with E-state index in [0.717, 1.165) is 17.8 Å². The predicted molar refractivity (Wildman–Crippen MR) is 112 cm³/mol. The molecule has 1 fully saturated rings. The van der Waals surface area contributed by atoms with Crippen molar-refractivity contribution < 1.29 is 4.79 Å². The number of rotatable bonds is 4. The lowest BCUT2D eigenvalue weighted by atomic mass is 9.78. The summed E-state index contributed by atoms with van der Waals surface area (Å²) in [5.41, 5.74) is 1.74. The molecule has 0 spiro atoms. The Balaban J connectivity index is 1.57. The van der Waals surface area contributed by atoms with Crippen molar-refractivity contribution in [1.29, 1.82) is 0 Å². The van der Waals surface area contributed by atoms with Gasteiger partial charge in [0.25, 0.3) is 5.91 Å². The Morgan fingerprint density at radius 1 is 1.21 bits per heavy atom. The van der Waals surface area contributed by atoms with Gasteiger partial charge in [-0.05, 0) is 44.6 Å². The Bertz CT molecular complexity index is 820. The van der Waals surface area contributed by atoms with Gasteiger partial charge in [-0.3, -0.25) is 4.79 Å². The zero-order valence-corrected chi connectivity index (χ0v) is 17.3. The summed E-state index contributed by atoms with van der Waals surface area (Å²) >= 11 is 0. The van der Waals surface area contributed by atoms with Gasteiger partial charge in [0, 0.05) is 19.6 Å². The Morgan fingerprint density at radius 2 is 1.93 bits per heavy atom. The van der Waals surface area contributed by atoms with E-state index in [1.807, 2.05) is 29.9 Å². The van der Waals surface area contributed by atoms with Crippen LogP contribution in [0.25, 0.3) is 0 Å². The maximum atomic E-state index is 13.2. The number of benzene rings is 1. The van der Waals surface area contributed by atoms with Crippen LogP contribution in [-0.4, -0.2) is 33.7 Å². The van der Waals surface area contributed by atoms with Crippen molar-refractivity contribution in [2.75, 3.05) is 12.4 Å². The third-order valence-electron chi connectivity index (χ3n) is 6.44. The van der Waals surface area contributed by atoms with Crippen LogP contribution in [0.15, 0.2) is 36.5 Å². The summed E-state index contributed by atoms with van der Waals surface area (Å²) in [6.07, 6.45) is 9.40. The molecule has 1 amide bonds. The maximum absolute atomic E-state index is 13.2. The second-order valence-electron chi connectivity index (χ2n) is 9.13. The summed E-state index contributed by atoms with van der Waals surface area (Å²) in [5, 5.41) is 8.33. The normalized spacial score (nSPS) is 21.6. The minimum atomic E-state index is -0.0841. The first kappa shape index (κ1) is 19.0. The van der Waals surface area contributed by atoms with Gasteiger partial charge in [-0.2, -0.15) is 5.10 Å². The molecule has 5 nitrogen and oxygen atoms in total. The van der Waals surface area contributed by atoms with Crippen LogP contribution in [0.4, 0.5) is 5.82 Å². The van der Waals surface area contributed by atoms with Crippen molar-refractivity contribution in [3.8, 4) is 0 Å². The van der Waals surface area contributed by atoms with E-state index in [1.54, 1.807) is 11.1 Å². The molecule has 2 heterocycles. The quantitative estimate of drug-likeness (QED) is 0.840. The SMILES string of the molecule is CN(Cc1ccccc1)C(=O)c1cnn2c1NC(C1CCCCC1)CC2(C)C. The van der Waals surface area contributed by atoms with Crippen molar-refractivity contribution in [3.05, 3.63) is 47.7 Å². The highest BCUT2D eigenvalue weighted by Gasteiger charge is 2.39. The van der Waals surface area contributed by atoms with Gasteiger partial charge in [0.15, 0.2) is 0 Å². The smallest absolute Gasteiger partial charge is 0.259 e. The van der Waals surface area contributed by atoms with Crippen LogP contribution in [0.2, 0.25) is 0 Å². The lowest BCUT2D eigenvalue weighted by Gasteiger charge is -2.42. The van der Waals surface area contributed by atoms with E-state index in [1.165, 1.54) is 32.1 Å². The van der Waals surface area contributed by atoms with Crippen molar-refractivity contribution in [3.63, 3.8) is 0 Å². The minimum Gasteiger partial charge on any atom is -0.366 e. The van der Waals surface area contributed by atoms with Crippen LogP contribution in [0.1, 0.15) is 68.3 Å². The van der Waals surface area contributed by atoms with Crippen LogP contribution < -0.4 is 5.32 Å². The fraction of sp³-hybridized carbons (Fsp3) is 0.565. The van der Waals surface area contributed by atoms with Crippen LogP contribution in [0.5, 0.6) is 0 Å². The monoisotopic (exact) mass is 380 g/mol. The molecule has 1 unspecified atom stereocenters. The molecule has 28 heavy (non-hydrogen) atoms. The summed E-state index contributed by atoms with van der Waals surface area (Å²) in [6.45, 7) is 5.07. The molecule has 4 rings (SSSR count). The first-order chi connectivity index (χ1) is 13.5. The molecule has 1 atom stereocenters. The van der Waals surface area contributed by atoms with Gasteiger partial charge in [-0.25, -0.2) is 4.68 Å². The van der Waals surface area contributed by atoms with Gasteiger partial charge in [0.1, 0.15) is 11.4 Å². The molecule has 150 valence electrons. The molecule has 2 aromatic rings. The number of carbonyl (C=O) groups excluding carboxylic acids is 1. The number of fused-ring (bicyclic) bond motifs is 1. The van der Waals surface area contributed by atoms with Crippen LogP contribution in [0.3, 0.4) is 0 Å². The molecule has 2 aliphatic rings. The van der Waals surface area contributed by atoms with Gasteiger partial charge < -0.3 is 10.2 Å². The first-order valence-corrected chi connectivity index (χ1v) is 10.6. The first-order valence-electron chi connectivity index (χ1n) is 10.6. The molecule has 1 N–H and O–H groups in total. The molecule has 0 radical (unpaired) electrons. The molecule has 1 aliphatic carbocycles. The van der Waals surface area contributed by atoms with E-state index < -0.39 is 0 Å². The number of nitrogens with one attached hydrogen (secondary N) is 1. The summed E-state index contributed by atoms with van der Waals surface area (Å²) < 4.78 is 2.02. The molecule has 1 aromatic carbocycles. The lowest BCUT2D eigenvalue weighted by molar-refractivity contribution is 0.0785. The number of hydrogen-bond acceptors (Lipinski definition) is 3. The summed E-state index contributed by atoms with van der Waals surface area (Å²) in [6, 6.07) is 10.5. The molecule has 0 saturated heterocycles. The molecule has 0 bridgehead atoms. The molecular weight excluding hydrogens is 348 g/mol. The second kappa shape index (κ2) is 7.61. The third kappa shape index (κ3) is 3.67. The second-order valence-corrected chi connectivity index (χ2v) is 9.13. The molecule has 1 aliphatic heterocycles. The van der Waals surface area contributed by atoms with Crippen molar-refractivity contribution >= 4 is 11.7 Å². The summed E-state index contributed by atoms with van der Waals surface area (Å²) in [4.78, 5) is 15.0. The van der Waals surface area contributed by atoms with Crippen LogP contribution >= 0.6 is 0 Å². The highest BCUT2D eigenvalue weighted by Crippen LogP contribution is 2.39. The van der Waals surface area contributed by atoms with Gasteiger partial charge in [-0.15, -0.1) is 0 Å². The molecular formula is C23H32N4O. The maximum Gasteiger partial charge on any atom is 0.259 e. The van der Waals surface area contributed by atoms with Gasteiger partial charge >= 0.3 is 0 Å². The van der Waals surface area contributed by atoms with Crippen molar-refractivity contribution in [2.45, 2.75) is 70.5 Å². The fourth-order valence-electron chi connectivity index (χ4n) is 4.91. The molecule has 1 aromatic heterocycles. The van der Waals surface area contributed by atoms with E-state index in [0.29, 0.717) is 24.1 Å². The minimum absolute atomic E-state index is 0.0256.